The normalized spacial score (nSPS) is 10.5. The number of aromatic nitrogens is 1. The second-order valence-electron chi connectivity index (χ2n) is 6.36. The molecule has 6 nitrogen and oxygen atoms in total. The highest BCUT2D eigenvalue weighted by molar-refractivity contribution is 7.17. The Bertz CT molecular complexity index is 1180. The van der Waals surface area contributed by atoms with Crippen molar-refractivity contribution in [1.82, 2.24) is 4.98 Å². The molecule has 0 atom stereocenters. The lowest BCUT2D eigenvalue weighted by atomic mass is 10.1. The van der Waals surface area contributed by atoms with Gasteiger partial charge in [0.25, 0.3) is 5.91 Å². The Hall–Kier alpha value is -3.71. The molecule has 3 amide bonds. The van der Waals surface area contributed by atoms with Crippen LogP contribution in [-0.4, -0.2) is 16.9 Å². The summed E-state index contributed by atoms with van der Waals surface area (Å²) in [6.07, 6.45) is 0. The number of carbonyl (C=O) groups excluding carboxylic acids is 2. The molecule has 0 saturated carbocycles. The number of hydrogen-bond donors (Lipinski definition) is 3. The summed E-state index contributed by atoms with van der Waals surface area (Å²) in [5, 5.41) is 10.7. The Morgan fingerprint density at radius 1 is 0.828 bits per heavy atom. The molecular formula is C22H18N4O2S. The molecule has 0 aliphatic carbocycles. The lowest BCUT2D eigenvalue weighted by molar-refractivity contribution is 0.103. The molecule has 0 bridgehead atoms. The quantitative estimate of drug-likeness (QED) is 0.421. The first-order valence-electron chi connectivity index (χ1n) is 9.00. The van der Waals surface area contributed by atoms with Gasteiger partial charge < -0.3 is 10.6 Å². The summed E-state index contributed by atoms with van der Waals surface area (Å²) in [7, 11) is 0. The van der Waals surface area contributed by atoms with Crippen molar-refractivity contribution in [2.45, 2.75) is 6.92 Å². The fourth-order valence-electron chi connectivity index (χ4n) is 2.95. The predicted molar refractivity (Wildman–Crippen MR) is 118 cm³/mol. The van der Waals surface area contributed by atoms with Crippen LogP contribution < -0.4 is 16.0 Å². The van der Waals surface area contributed by atoms with Crippen LogP contribution in [0.2, 0.25) is 0 Å². The molecule has 4 rings (SSSR count). The third kappa shape index (κ3) is 4.25. The predicted octanol–water partition coefficient (Wildman–Crippen LogP) is 5.50. The number of urea groups is 1. The maximum atomic E-state index is 12.8. The first kappa shape index (κ1) is 18.6. The highest BCUT2D eigenvalue weighted by Gasteiger charge is 2.17. The van der Waals surface area contributed by atoms with Gasteiger partial charge in [0.1, 0.15) is 4.88 Å². The van der Waals surface area contributed by atoms with Gasteiger partial charge in [-0.3, -0.25) is 10.1 Å². The molecule has 7 heteroatoms. The van der Waals surface area contributed by atoms with Gasteiger partial charge in [-0.1, -0.05) is 65.9 Å². The Kier molecular flexibility index (Phi) is 5.22. The smallest absolute Gasteiger partial charge is 0.321 e. The van der Waals surface area contributed by atoms with E-state index in [-0.39, 0.29) is 5.91 Å². The maximum Gasteiger partial charge on any atom is 0.325 e. The van der Waals surface area contributed by atoms with E-state index in [4.69, 9.17) is 0 Å². The highest BCUT2D eigenvalue weighted by atomic mass is 32.1. The summed E-state index contributed by atoms with van der Waals surface area (Å²) in [5.74, 6) is -0.257. The minimum absolute atomic E-state index is 0.257. The Labute approximate surface area is 171 Å². The number of carbonyl (C=O) groups is 2. The summed E-state index contributed by atoms with van der Waals surface area (Å²) >= 11 is 1.14. The van der Waals surface area contributed by atoms with E-state index in [0.29, 0.717) is 21.4 Å². The fourth-order valence-corrected chi connectivity index (χ4v) is 3.81. The van der Waals surface area contributed by atoms with Gasteiger partial charge in [-0.2, -0.15) is 0 Å². The van der Waals surface area contributed by atoms with Crippen molar-refractivity contribution in [3.05, 3.63) is 83.4 Å². The van der Waals surface area contributed by atoms with Gasteiger partial charge in [-0.05, 0) is 30.5 Å². The van der Waals surface area contributed by atoms with E-state index in [1.165, 1.54) is 0 Å². The van der Waals surface area contributed by atoms with Crippen molar-refractivity contribution in [1.29, 1.82) is 0 Å². The van der Waals surface area contributed by atoms with Gasteiger partial charge >= 0.3 is 6.03 Å². The second-order valence-corrected chi connectivity index (χ2v) is 7.36. The molecule has 3 N–H and O–H groups in total. The Morgan fingerprint density at radius 3 is 2.38 bits per heavy atom. The molecule has 29 heavy (non-hydrogen) atoms. The third-order valence-electron chi connectivity index (χ3n) is 4.29. The third-order valence-corrected chi connectivity index (χ3v) is 5.36. The SMILES string of the molecule is Cc1nc(NC(=O)Nc2ccccc2)sc1C(=O)Nc1cccc2ccccc12. The van der Waals surface area contributed by atoms with Crippen molar-refractivity contribution in [2.75, 3.05) is 16.0 Å². The minimum Gasteiger partial charge on any atom is -0.321 e. The minimum atomic E-state index is -0.411. The van der Waals surface area contributed by atoms with Crippen molar-refractivity contribution in [2.24, 2.45) is 0 Å². The second kappa shape index (κ2) is 8.12. The van der Waals surface area contributed by atoms with E-state index in [9.17, 15) is 9.59 Å². The number of thiazole rings is 1. The van der Waals surface area contributed by atoms with E-state index in [2.05, 4.69) is 20.9 Å². The van der Waals surface area contributed by atoms with Crippen LogP contribution >= 0.6 is 11.3 Å². The van der Waals surface area contributed by atoms with Crippen LogP contribution in [0.4, 0.5) is 21.3 Å². The largest absolute Gasteiger partial charge is 0.325 e. The summed E-state index contributed by atoms with van der Waals surface area (Å²) in [5.41, 5.74) is 1.96. The zero-order chi connectivity index (χ0) is 20.2. The molecular weight excluding hydrogens is 384 g/mol. The van der Waals surface area contributed by atoms with Crippen LogP contribution in [-0.2, 0) is 0 Å². The number of hydrogen-bond acceptors (Lipinski definition) is 4. The lowest BCUT2D eigenvalue weighted by Crippen LogP contribution is -2.19. The van der Waals surface area contributed by atoms with Crippen LogP contribution in [0, 0.1) is 6.92 Å². The van der Waals surface area contributed by atoms with E-state index in [0.717, 1.165) is 27.8 Å². The van der Waals surface area contributed by atoms with Crippen molar-refractivity contribution in [3.63, 3.8) is 0 Å². The molecule has 144 valence electrons. The van der Waals surface area contributed by atoms with Crippen LogP contribution in [0.15, 0.2) is 72.8 Å². The van der Waals surface area contributed by atoms with Gasteiger partial charge in [-0.25, -0.2) is 9.78 Å². The summed E-state index contributed by atoms with van der Waals surface area (Å²) in [4.78, 5) is 29.7. The van der Waals surface area contributed by atoms with E-state index < -0.39 is 6.03 Å². The molecule has 0 aliphatic heterocycles. The standard InChI is InChI=1S/C22H18N4O2S/c1-14-19(20(27)25-18-13-7-9-15-8-5-6-12-17(15)18)29-22(23-14)26-21(28)24-16-10-3-2-4-11-16/h2-13H,1H3,(H,25,27)(H2,23,24,26,28). The number of fused-ring (bicyclic) bond motifs is 1. The number of para-hydroxylation sites is 1. The van der Waals surface area contributed by atoms with Crippen molar-refractivity contribution >= 4 is 50.6 Å². The first-order valence-corrected chi connectivity index (χ1v) is 9.81. The molecule has 0 unspecified atom stereocenters. The molecule has 4 aromatic rings. The molecule has 0 radical (unpaired) electrons. The molecule has 3 aromatic carbocycles. The Morgan fingerprint density at radius 2 is 1.55 bits per heavy atom. The zero-order valence-corrected chi connectivity index (χ0v) is 16.4. The lowest BCUT2D eigenvalue weighted by Gasteiger charge is -2.08. The zero-order valence-electron chi connectivity index (χ0n) is 15.6. The number of anilines is 3. The molecule has 0 spiro atoms. The molecule has 1 aromatic heterocycles. The molecule has 0 saturated heterocycles. The number of nitrogens with one attached hydrogen (secondary N) is 3. The van der Waals surface area contributed by atoms with E-state index >= 15 is 0 Å². The number of amides is 3. The molecule has 1 heterocycles. The molecule has 0 aliphatic rings. The monoisotopic (exact) mass is 402 g/mol. The van der Waals surface area contributed by atoms with Gasteiger partial charge in [0.05, 0.1) is 5.69 Å². The topological polar surface area (TPSA) is 83.1 Å². The summed E-state index contributed by atoms with van der Waals surface area (Å²) in [6, 6.07) is 22.3. The number of benzene rings is 3. The van der Waals surface area contributed by atoms with Gasteiger partial charge in [0, 0.05) is 16.8 Å². The van der Waals surface area contributed by atoms with Crippen LogP contribution in [0.3, 0.4) is 0 Å². The first-order chi connectivity index (χ1) is 14.1. The average Bonchev–Trinajstić information content (AvgIpc) is 3.09. The number of aryl methyl sites for hydroxylation is 1. The van der Waals surface area contributed by atoms with Crippen molar-refractivity contribution in [3.8, 4) is 0 Å². The van der Waals surface area contributed by atoms with E-state index in [1.807, 2.05) is 60.7 Å². The maximum absolute atomic E-state index is 12.8. The average molecular weight is 402 g/mol. The number of rotatable bonds is 4. The molecule has 0 fully saturated rings. The summed E-state index contributed by atoms with van der Waals surface area (Å²) in [6.45, 7) is 1.74. The van der Waals surface area contributed by atoms with E-state index in [1.54, 1.807) is 19.1 Å². The van der Waals surface area contributed by atoms with Gasteiger partial charge in [0.15, 0.2) is 5.13 Å². The van der Waals surface area contributed by atoms with Gasteiger partial charge in [-0.15, -0.1) is 0 Å². The van der Waals surface area contributed by atoms with Crippen LogP contribution in [0.5, 0.6) is 0 Å². The van der Waals surface area contributed by atoms with Crippen molar-refractivity contribution < 1.29 is 9.59 Å². The Balaban J connectivity index is 1.48. The summed E-state index contributed by atoms with van der Waals surface area (Å²) < 4.78 is 0. The van der Waals surface area contributed by atoms with Crippen LogP contribution in [0.25, 0.3) is 10.8 Å². The fraction of sp³-hybridized carbons (Fsp3) is 0.0455. The van der Waals surface area contributed by atoms with Gasteiger partial charge in [0.2, 0.25) is 0 Å². The van der Waals surface area contributed by atoms with Crippen LogP contribution in [0.1, 0.15) is 15.4 Å². The number of nitrogens with zero attached hydrogens (tertiary/aromatic N) is 1. The highest BCUT2D eigenvalue weighted by Crippen LogP contribution is 2.27.